The third-order valence-electron chi connectivity index (χ3n) is 4.42. The minimum Gasteiger partial charge on any atom is -0.385 e. The van der Waals surface area contributed by atoms with E-state index in [0.29, 0.717) is 12.5 Å². The van der Waals surface area contributed by atoms with Gasteiger partial charge in [0.2, 0.25) is 0 Å². The maximum absolute atomic E-state index is 12.1. The number of carbonyl (C=O) groups is 1. The van der Waals surface area contributed by atoms with Crippen LogP contribution in [0.3, 0.4) is 0 Å². The number of allylic oxidation sites excluding steroid dienone is 4. The van der Waals surface area contributed by atoms with E-state index in [4.69, 9.17) is 0 Å². The van der Waals surface area contributed by atoms with E-state index in [1.54, 1.807) is 0 Å². The van der Waals surface area contributed by atoms with Crippen LogP contribution in [0.5, 0.6) is 0 Å². The number of benzene rings is 1. The first-order valence-corrected chi connectivity index (χ1v) is 8.06. The molecule has 0 radical (unpaired) electrons. The molecule has 0 spiro atoms. The maximum Gasteiger partial charge on any atom is 0.168 e. The number of ketones is 1. The average molecular weight is 281 g/mol. The summed E-state index contributed by atoms with van der Waals surface area (Å²) >= 11 is 0. The van der Waals surface area contributed by atoms with Gasteiger partial charge in [-0.2, -0.15) is 0 Å². The van der Waals surface area contributed by atoms with E-state index in [1.807, 2.05) is 18.2 Å². The molecule has 0 amide bonds. The lowest BCUT2D eigenvalue weighted by molar-refractivity contribution is -0.114. The number of nitrogens with one attached hydrogen (secondary N) is 1. The molecular weight excluding hydrogens is 258 g/mol. The molecule has 110 valence electrons. The molecule has 0 bridgehead atoms. The zero-order valence-electron chi connectivity index (χ0n) is 12.5. The van der Waals surface area contributed by atoms with Crippen molar-refractivity contribution in [2.45, 2.75) is 51.0 Å². The summed E-state index contributed by atoms with van der Waals surface area (Å²) in [7, 11) is 0. The largest absolute Gasteiger partial charge is 0.385 e. The van der Waals surface area contributed by atoms with Crippen molar-refractivity contribution in [1.82, 2.24) is 5.32 Å². The minimum atomic E-state index is 0.254. The van der Waals surface area contributed by atoms with Crippen LogP contribution in [0.15, 0.2) is 53.8 Å². The van der Waals surface area contributed by atoms with Gasteiger partial charge in [0.1, 0.15) is 0 Å². The molecule has 1 aromatic rings. The van der Waals surface area contributed by atoms with Gasteiger partial charge >= 0.3 is 0 Å². The Bertz CT molecular complexity index is 550. The van der Waals surface area contributed by atoms with Gasteiger partial charge < -0.3 is 5.32 Å². The van der Waals surface area contributed by atoms with Crippen LogP contribution in [0.1, 0.15) is 44.1 Å². The van der Waals surface area contributed by atoms with Crippen LogP contribution < -0.4 is 5.32 Å². The van der Waals surface area contributed by atoms with Gasteiger partial charge in [-0.1, -0.05) is 61.7 Å². The van der Waals surface area contributed by atoms with Crippen LogP contribution >= 0.6 is 0 Å². The molecule has 0 unspecified atom stereocenters. The first-order valence-electron chi connectivity index (χ1n) is 8.06. The zero-order chi connectivity index (χ0) is 14.5. The Labute approximate surface area is 126 Å². The van der Waals surface area contributed by atoms with E-state index in [-0.39, 0.29) is 5.78 Å². The molecule has 2 heteroatoms. The first-order chi connectivity index (χ1) is 10.3. The summed E-state index contributed by atoms with van der Waals surface area (Å²) in [6, 6.07) is 10.9. The second kappa shape index (κ2) is 6.75. The Hall–Kier alpha value is -1.83. The Morgan fingerprint density at radius 3 is 2.52 bits per heavy atom. The quantitative estimate of drug-likeness (QED) is 0.847. The van der Waals surface area contributed by atoms with Crippen LogP contribution in [0, 0.1) is 0 Å². The highest BCUT2D eigenvalue weighted by atomic mass is 16.1. The molecule has 1 aromatic carbocycles. The van der Waals surface area contributed by atoms with Crippen molar-refractivity contribution < 1.29 is 4.79 Å². The summed E-state index contributed by atoms with van der Waals surface area (Å²) in [5.74, 6) is 0.254. The number of hydrogen-bond donors (Lipinski definition) is 1. The molecule has 1 fully saturated rings. The Morgan fingerprint density at radius 2 is 1.86 bits per heavy atom. The van der Waals surface area contributed by atoms with Gasteiger partial charge in [-0.15, -0.1) is 0 Å². The van der Waals surface area contributed by atoms with Gasteiger partial charge in [0, 0.05) is 30.2 Å². The van der Waals surface area contributed by atoms with Crippen molar-refractivity contribution in [2.24, 2.45) is 0 Å². The lowest BCUT2D eigenvalue weighted by Gasteiger charge is -2.26. The van der Waals surface area contributed by atoms with Crippen molar-refractivity contribution in [3.8, 4) is 0 Å². The molecule has 1 N–H and O–H groups in total. The topological polar surface area (TPSA) is 29.1 Å². The average Bonchev–Trinajstić information content (AvgIpc) is 2.95. The van der Waals surface area contributed by atoms with Crippen molar-refractivity contribution in [3.63, 3.8) is 0 Å². The molecule has 0 aromatic heterocycles. The highest BCUT2D eigenvalue weighted by molar-refractivity contribution is 6.02. The molecule has 0 aliphatic heterocycles. The number of hydrogen-bond acceptors (Lipinski definition) is 2. The van der Waals surface area contributed by atoms with E-state index in [0.717, 1.165) is 17.7 Å². The fraction of sp³-hybridized carbons (Fsp3) is 0.421. The zero-order valence-corrected chi connectivity index (χ0v) is 12.5. The SMILES string of the molecule is O=C1CC=C/C1=C(\Cc1ccccc1)NC1CCCCC1. The lowest BCUT2D eigenvalue weighted by atomic mass is 9.94. The summed E-state index contributed by atoms with van der Waals surface area (Å²) in [5.41, 5.74) is 3.27. The van der Waals surface area contributed by atoms with Crippen LogP contribution in [-0.4, -0.2) is 11.8 Å². The predicted molar refractivity (Wildman–Crippen MR) is 85.9 cm³/mol. The highest BCUT2D eigenvalue weighted by Gasteiger charge is 2.20. The van der Waals surface area contributed by atoms with E-state index >= 15 is 0 Å². The van der Waals surface area contributed by atoms with Gasteiger partial charge in [-0.3, -0.25) is 4.79 Å². The third-order valence-corrected chi connectivity index (χ3v) is 4.42. The monoisotopic (exact) mass is 281 g/mol. The molecule has 0 heterocycles. The number of carbonyl (C=O) groups excluding carboxylic acids is 1. The summed E-state index contributed by atoms with van der Waals surface area (Å²) < 4.78 is 0. The summed E-state index contributed by atoms with van der Waals surface area (Å²) in [6.45, 7) is 0. The van der Waals surface area contributed by atoms with Crippen molar-refractivity contribution in [1.29, 1.82) is 0 Å². The first kappa shape index (κ1) is 14.1. The van der Waals surface area contributed by atoms with Crippen molar-refractivity contribution in [2.75, 3.05) is 0 Å². The smallest absolute Gasteiger partial charge is 0.168 e. The van der Waals surface area contributed by atoms with Gasteiger partial charge in [0.15, 0.2) is 5.78 Å². The molecule has 2 nitrogen and oxygen atoms in total. The molecule has 1 saturated carbocycles. The third kappa shape index (κ3) is 3.63. The van der Waals surface area contributed by atoms with Crippen LogP contribution in [0.25, 0.3) is 0 Å². The van der Waals surface area contributed by atoms with Crippen molar-refractivity contribution >= 4 is 5.78 Å². The Kier molecular flexibility index (Phi) is 4.54. The minimum absolute atomic E-state index is 0.254. The van der Waals surface area contributed by atoms with E-state index in [2.05, 4.69) is 29.6 Å². The molecule has 21 heavy (non-hydrogen) atoms. The summed E-state index contributed by atoms with van der Waals surface area (Å²) in [4.78, 5) is 12.1. The fourth-order valence-electron chi connectivity index (χ4n) is 3.27. The Morgan fingerprint density at radius 1 is 1.10 bits per heavy atom. The standard InChI is InChI=1S/C19H23NO/c21-19-13-7-12-17(19)18(14-15-8-3-1-4-9-15)20-16-10-5-2-6-11-16/h1,3-4,7-9,12,16,20H,2,5-6,10-11,13-14H2/b18-17-. The van der Waals surface area contributed by atoms with Crippen molar-refractivity contribution in [3.05, 3.63) is 59.3 Å². The molecular formula is C19H23NO. The molecule has 2 aliphatic carbocycles. The molecule has 2 aliphatic rings. The maximum atomic E-state index is 12.1. The van der Waals surface area contributed by atoms with E-state index in [1.165, 1.54) is 37.7 Å². The molecule has 0 atom stereocenters. The van der Waals surface area contributed by atoms with E-state index in [9.17, 15) is 4.79 Å². The molecule has 0 saturated heterocycles. The predicted octanol–water partition coefficient (Wildman–Crippen LogP) is 3.93. The summed E-state index contributed by atoms with van der Waals surface area (Å²) in [5, 5.41) is 3.68. The van der Waals surface area contributed by atoms with Crippen LogP contribution in [0.2, 0.25) is 0 Å². The Balaban J connectivity index is 1.81. The van der Waals surface area contributed by atoms with Gasteiger partial charge in [-0.05, 0) is 18.4 Å². The van der Waals surface area contributed by atoms with E-state index < -0.39 is 0 Å². The van der Waals surface area contributed by atoms with Gasteiger partial charge in [0.25, 0.3) is 0 Å². The molecule has 3 rings (SSSR count). The van der Waals surface area contributed by atoms with Gasteiger partial charge in [-0.25, -0.2) is 0 Å². The normalized spacial score (nSPS) is 21.6. The second-order valence-corrected chi connectivity index (χ2v) is 6.06. The second-order valence-electron chi connectivity index (χ2n) is 6.06. The summed E-state index contributed by atoms with van der Waals surface area (Å²) in [6.07, 6.45) is 11.8. The number of Topliss-reactive ketones (excluding diaryl/α,β-unsaturated/α-hetero) is 1. The van der Waals surface area contributed by atoms with Crippen LogP contribution in [0.4, 0.5) is 0 Å². The fourth-order valence-corrected chi connectivity index (χ4v) is 3.27. The lowest BCUT2D eigenvalue weighted by Crippen LogP contribution is -2.32. The van der Waals surface area contributed by atoms with Gasteiger partial charge in [0.05, 0.1) is 0 Å². The highest BCUT2D eigenvalue weighted by Crippen LogP contribution is 2.23. The number of rotatable bonds is 4. The van der Waals surface area contributed by atoms with Crippen LogP contribution in [-0.2, 0) is 11.2 Å².